The average Bonchev–Trinajstić information content (AvgIpc) is 2.55. The van der Waals surface area contributed by atoms with Gasteiger partial charge in [0.2, 0.25) is 0 Å². The van der Waals surface area contributed by atoms with Gasteiger partial charge in [-0.05, 0) is 29.1 Å². The molecule has 0 bridgehead atoms. The lowest BCUT2D eigenvalue weighted by atomic mass is 9.93. The molecule has 1 aliphatic rings. The van der Waals surface area contributed by atoms with Crippen LogP contribution in [0.5, 0.6) is 11.5 Å². The largest absolute Gasteiger partial charge is 0.456 e. The molecule has 0 amide bonds. The average molecular weight is 269 g/mol. The van der Waals surface area contributed by atoms with Crippen LogP contribution in [0.3, 0.4) is 0 Å². The van der Waals surface area contributed by atoms with Gasteiger partial charge in [-0.3, -0.25) is 4.98 Å². The Balaban J connectivity index is 2.07. The fourth-order valence-electron chi connectivity index (χ4n) is 3.17. The Morgan fingerprint density at radius 2 is 1.62 bits per heavy atom. The van der Waals surface area contributed by atoms with Crippen LogP contribution in [-0.4, -0.2) is 4.98 Å². The van der Waals surface area contributed by atoms with Crippen molar-refractivity contribution in [1.82, 2.24) is 4.98 Å². The lowest BCUT2D eigenvalue weighted by Crippen LogP contribution is -1.98. The molecule has 3 aromatic carbocycles. The first-order valence-electron chi connectivity index (χ1n) is 6.99. The number of aromatic nitrogens is 1. The first kappa shape index (κ1) is 10.9. The summed E-state index contributed by atoms with van der Waals surface area (Å²) in [4.78, 5) is 4.61. The van der Waals surface area contributed by atoms with Crippen LogP contribution < -0.4 is 4.74 Å². The lowest BCUT2D eigenvalue weighted by Gasteiger charge is -2.21. The van der Waals surface area contributed by atoms with Gasteiger partial charge in [0.1, 0.15) is 11.5 Å². The van der Waals surface area contributed by atoms with Crippen molar-refractivity contribution in [2.24, 2.45) is 0 Å². The number of hydrogen-bond acceptors (Lipinski definition) is 2. The maximum absolute atomic E-state index is 6.06. The summed E-state index contributed by atoms with van der Waals surface area (Å²) >= 11 is 0. The molecule has 0 aliphatic carbocycles. The van der Waals surface area contributed by atoms with Gasteiger partial charge in [-0.1, -0.05) is 42.5 Å². The van der Waals surface area contributed by atoms with E-state index in [1.54, 1.807) is 0 Å². The molecule has 2 nitrogen and oxygen atoms in total. The van der Waals surface area contributed by atoms with Crippen LogP contribution in [0.1, 0.15) is 0 Å². The van der Waals surface area contributed by atoms with Gasteiger partial charge in [0.15, 0.2) is 0 Å². The Labute approximate surface area is 121 Å². The molecular formula is C19H11NO. The minimum absolute atomic E-state index is 0.888. The van der Waals surface area contributed by atoms with E-state index in [0.29, 0.717) is 0 Å². The molecule has 21 heavy (non-hydrogen) atoms. The van der Waals surface area contributed by atoms with Crippen molar-refractivity contribution in [2.75, 3.05) is 0 Å². The Bertz CT molecular complexity index is 1020. The van der Waals surface area contributed by atoms with Crippen LogP contribution in [0, 0.1) is 0 Å². The topological polar surface area (TPSA) is 22.1 Å². The Morgan fingerprint density at radius 3 is 2.62 bits per heavy atom. The van der Waals surface area contributed by atoms with Gasteiger partial charge >= 0.3 is 0 Å². The predicted molar refractivity (Wildman–Crippen MR) is 84.8 cm³/mol. The van der Waals surface area contributed by atoms with Gasteiger partial charge in [-0.15, -0.1) is 0 Å². The van der Waals surface area contributed by atoms with Gasteiger partial charge in [0.25, 0.3) is 0 Å². The zero-order valence-electron chi connectivity index (χ0n) is 11.2. The summed E-state index contributed by atoms with van der Waals surface area (Å²) < 4.78 is 6.06. The molecule has 0 saturated carbocycles. The van der Waals surface area contributed by atoms with E-state index in [-0.39, 0.29) is 0 Å². The minimum atomic E-state index is 0.888. The van der Waals surface area contributed by atoms with Crippen LogP contribution in [0.2, 0.25) is 0 Å². The third-order valence-electron chi connectivity index (χ3n) is 4.09. The third kappa shape index (κ3) is 1.39. The second kappa shape index (κ2) is 3.83. The zero-order chi connectivity index (χ0) is 13.8. The Morgan fingerprint density at radius 1 is 0.762 bits per heavy atom. The molecule has 0 unspecified atom stereocenters. The number of nitrogens with zero attached hydrogens (tertiary/aromatic N) is 1. The van der Waals surface area contributed by atoms with Crippen molar-refractivity contribution in [2.45, 2.75) is 0 Å². The third-order valence-corrected chi connectivity index (χ3v) is 4.09. The van der Waals surface area contributed by atoms with Crippen LogP contribution in [0.25, 0.3) is 32.8 Å². The number of hydrogen-bond donors (Lipinski definition) is 0. The van der Waals surface area contributed by atoms with E-state index in [1.165, 1.54) is 16.3 Å². The standard InChI is InChI=1S/C19H11NO/c1-2-6-13-12(5-1)11-15-14-7-3-4-8-16(14)21-17-9-10-20-19(13)18(15)17/h1-11H. The molecule has 0 fully saturated rings. The quantitative estimate of drug-likeness (QED) is 0.362. The summed E-state index contributed by atoms with van der Waals surface area (Å²) in [7, 11) is 0. The van der Waals surface area contributed by atoms with Crippen LogP contribution in [0.15, 0.2) is 66.9 Å². The maximum atomic E-state index is 6.06. The van der Waals surface area contributed by atoms with Crippen molar-refractivity contribution in [3.05, 3.63) is 66.9 Å². The molecular weight excluding hydrogens is 258 g/mol. The summed E-state index contributed by atoms with van der Waals surface area (Å²) in [5, 5.41) is 3.48. The SMILES string of the molecule is c1ccc2c(c1)Oc1ccnc3c1c-2cc1ccccc13. The summed E-state index contributed by atoms with van der Waals surface area (Å²) in [5.41, 5.74) is 3.34. The van der Waals surface area contributed by atoms with E-state index >= 15 is 0 Å². The number of pyridine rings is 1. The smallest absolute Gasteiger partial charge is 0.139 e. The lowest BCUT2D eigenvalue weighted by molar-refractivity contribution is 0.486. The van der Waals surface area contributed by atoms with Crippen molar-refractivity contribution in [3.63, 3.8) is 0 Å². The van der Waals surface area contributed by atoms with E-state index in [0.717, 1.165) is 28.0 Å². The van der Waals surface area contributed by atoms with Crippen molar-refractivity contribution in [3.8, 4) is 22.6 Å². The number of para-hydroxylation sites is 1. The fraction of sp³-hybridized carbons (Fsp3) is 0. The van der Waals surface area contributed by atoms with E-state index < -0.39 is 0 Å². The van der Waals surface area contributed by atoms with Gasteiger partial charge in [-0.25, -0.2) is 0 Å². The number of ether oxygens (including phenoxy) is 1. The predicted octanol–water partition coefficient (Wildman–Crippen LogP) is 5.16. The fourth-order valence-corrected chi connectivity index (χ4v) is 3.17. The first-order valence-corrected chi connectivity index (χ1v) is 6.99. The van der Waals surface area contributed by atoms with E-state index in [1.807, 2.05) is 30.5 Å². The Kier molecular flexibility index (Phi) is 1.98. The highest BCUT2D eigenvalue weighted by Crippen LogP contribution is 2.47. The molecule has 4 aromatic rings. The minimum Gasteiger partial charge on any atom is -0.456 e. The molecule has 1 aromatic heterocycles. The van der Waals surface area contributed by atoms with Crippen molar-refractivity contribution in [1.29, 1.82) is 0 Å². The maximum Gasteiger partial charge on any atom is 0.139 e. The van der Waals surface area contributed by atoms with Crippen LogP contribution in [-0.2, 0) is 0 Å². The second-order valence-electron chi connectivity index (χ2n) is 5.28. The molecule has 1 aliphatic heterocycles. The van der Waals surface area contributed by atoms with E-state index in [2.05, 4.69) is 41.4 Å². The molecule has 0 N–H and O–H groups in total. The summed E-state index contributed by atoms with van der Waals surface area (Å²) in [5.74, 6) is 1.80. The monoisotopic (exact) mass is 269 g/mol. The van der Waals surface area contributed by atoms with Crippen LogP contribution >= 0.6 is 0 Å². The van der Waals surface area contributed by atoms with E-state index in [9.17, 15) is 0 Å². The molecule has 5 rings (SSSR count). The highest BCUT2D eigenvalue weighted by atomic mass is 16.5. The van der Waals surface area contributed by atoms with Gasteiger partial charge < -0.3 is 4.74 Å². The highest BCUT2D eigenvalue weighted by molar-refractivity contribution is 6.15. The van der Waals surface area contributed by atoms with E-state index in [4.69, 9.17) is 4.74 Å². The van der Waals surface area contributed by atoms with Crippen LogP contribution in [0.4, 0.5) is 0 Å². The molecule has 0 atom stereocenters. The molecule has 2 heteroatoms. The molecule has 0 spiro atoms. The first-order chi connectivity index (χ1) is 10.4. The van der Waals surface area contributed by atoms with Gasteiger partial charge in [-0.2, -0.15) is 0 Å². The number of benzene rings is 3. The number of rotatable bonds is 0. The Hall–Kier alpha value is -2.87. The van der Waals surface area contributed by atoms with Gasteiger partial charge in [0.05, 0.1) is 10.9 Å². The summed E-state index contributed by atoms with van der Waals surface area (Å²) in [6.45, 7) is 0. The molecule has 98 valence electrons. The van der Waals surface area contributed by atoms with Gasteiger partial charge in [0, 0.05) is 17.1 Å². The second-order valence-corrected chi connectivity index (χ2v) is 5.28. The molecule has 0 saturated heterocycles. The summed E-state index contributed by atoms with van der Waals surface area (Å²) in [6.07, 6.45) is 1.82. The van der Waals surface area contributed by atoms with Crippen molar-refractivity contribution >= 4 is 21.7 Å². The normalized spacial score (nSPS) is 12.2. The number of fused-ring (bicyclic) bond motifs is 4. The highest BCUT2D eigenvalue weighted by Gasteiger charge is 2.21. The summed E-state index contributed by atoms with van der Waals surface area (Å²) in [6, 6.07) is 20.7. The molecule has 2 heterocycles. The molecule has 0 radical (unpaired) electrons. The zero-order valence-corrected chi connectivity index (χ0v) is 11.2. The van der Waals surface area contributed by atoms with Crippen molar-refractivity contribution < 1.29 is 4.74 Å².